The molecule has 3 aromatic rings. The van der Waals surface area contributed by atoms with E-state index in [1.54, 1.807) is 4.90 Å². The van der Waals surface area contributed by atoms with Crippen LogP contribution in [0.4, 0.5) is 4.79 Å². The number of amides is 3. The number of benzene rings is 3. The average molecular weight is 489 g/mol. The molecule has 1 saturated heterocycles. The van der Waals surface area contributed by atoms with Crippen LogP contribution in [0, 0.1) is 0 Å². The summed E-state index contributed by atoms with van der Waals surface area (Å²) in [5, 5.41) is 14.9. The number of hydrogen-bond acceptors (Lipinski definition) is 4. The molecular weight excluding hydrogens is 452 g/mol. The van der Waals surface area contributed by atoms with Gasteiger partial charge in [-0.3, -0.25) is 4.79 Å². The molecule has 4 rings (SSSR count). The lowest BCUT2D eigenvalue weighted by Gasteiger charge is -2.35. The summed E-state index contributed by atoms with van der Waals surface area (Å²) < 4.78 is 0. The SMILES string of the molecule is CN1CCN(C(=O)C(Cc2ccc3ccccc3c2)NC(=O)N(CCO)CCc2ccccc2)CC1. The molecule has 0 aromatic heterocycles. The fourth-order valence-electron chi connectivity index (χ4n) is 4.63. The number of aliphatic hydroxyl groups is 1. The number of aliphatic hydroxyl groups excluding tert-OH is 1. The standard InChI is InChI=1S/C29H36N4O3/c1-31-15-17-32(18-16-31)28(35)27(22-24-11-12-25-9-5-6-10-26(25)21-24)30-29(36)33(19-20-34)14-13-23-7-3-2-4-8-23/h2-12,21,27,34H,13-20,22H2,1H3,(H,30,36). The smallest absolute Gasteiger partial charge is 0.318 e. The second-order valence-electron chi connectivity index (χ2n) is 9.46. The maximum atomic E-state index is 13.6. The number of carbonyl (C=O) groups excluding carboxylic acids is 2. The monoisotopic (exact) mass is 488 g/mol. The van der Waals surface area contributed by atoms with Crippen molar-refractivity contribution in [1.29, 1.82) is 0 Å². The van der Waals surface area contributed by atoms with Gasteiger partial charge in [-0.05, 0) is 35.4 Å². The van der Waals surface area contributed by atoms with Crippen LogP contribution >= 0.6 is 0 Å². The second kappa shape index (κ2) is 12.5. The molecule has 190 valence electrons. The first-order valence-corrected chi connectivity index (χ1v) is 12.7. The molecule has 1 heterocycles. The maximum Gasteiger partial charge on any atom is 0.318 e. The summed E-state index contributed by atoms with van der Waals surface area (Å²) >= 11 is 0. The Morgan fingerprint density at radius 1 is 0.889 bits per heavy atom. The predicted molar refractivity (Wildman–Crippen MR) is 143 cm³/mol. The molecule has 7 nitrogen and oxygen atoms in total. The maximum absolute atomic E-state index is 13.6. The molecule has 0 spiro atoms. The van der Waals surface area contributed by atoms with Gasteiger partial charge in [-0.15, -0.1) is 0 Å². The van der Waals surface area contributed by atoms with Crippen LogP contribution < -0.4 is 5.32 Å². The van der Waals surface area contributed by atoms with E-state index in [1.165, 1.54) is 0 Å². The lowest BCUT2D eigenvalue weighted by atomic mass is 10.0. The van der Waals surface area contributed by atoms with Gasteiger partial charge >= 0.3 is 6.03 Å². The molecule has 1 unspecified atom stereocenters. The molecule has 1 aliphatic heterocycles. The number of piperazine rings is 1. The predicted octanol–water partition coefficient (Wildman–Crippen LogP) is 2.77. The van der Waals surface area contributed by atoms with Crippen molar-refractivity contribution in [3.8, 4) is 0 Å². The van der Waals surface area contributed by atoms with Crippen LogP contribution in [0.1, 0.15) is 11.1 Å². The molecule has 0 radical (unpaired) electrons. The summed E-state index contributed by atoms with van der Waals surface area (Å²) in [6.07, 6.45) is 1.09. The summed E-state index contributed by atoms with van der Waals surface area (Å²) in [5.41, 5.74) is 2.12. The summed E-state index contributed by atoms with van der Waals surface area (Å²) in [7, 11) is 2.05. The molecule has 36 heavy (non-hydrogen) atoms. The molecule has 7 heteroatoms. The van der Waals surface area contributed by atoms with E-state index in [-0.39, 0.29) is 25.1 Å². The van der Waals surface area contributed by atoms with Gasteiger partial charge in [0, 0.05) is 45.7 Å². The molecule has 1 atom stereocenters. The van der Waals surface area contributed by atoms with Crippen molar-refractivity contribution in [3.63, 3.8) is 0 Å². The van der Waals surface area contributed by atoms with Crippen LogP contribution in [0.3, 0.4) is 0 Å². The third-order valence-electron chi connectivity index (χ3n) is 6.83. The van der Waals surface area contributed by atoms with Crippen molar-refractivity contribution in [2.45, 2.75) is 18.9 Å². The average Bonchev–Trinajstić information content (AvgIpc) is 2.91. The quantitative estimate of drug-likeness (QED) is 0.486. The van der Waals surface area contributed by atoms with Crippen molar-refractivity contribution < 1.29 is 14.7 Å². The van der Waals surface area contributed by atoms with E-state index in [0.717, 1.165) is 35.0 Å². The van der Waals surface area contributed by atoms with Crippen LogP contribution in [0.25, 0.3) is 10.8 Å². The Labute approximate surface area is 213 Å². The summed E-state index contributed by atoms with van der Waals surface area (Å²) in [6.45, 7) is 3.46. The van der Waals surface area contributed by atoms with E-state index in [2.05, 4.69) is 41.5 Å². The Bertz CT molecular complexity index is 1150. The van der Waals surface area contributed by atoms with Crippen molar-refractivity contribution in [1.82, 2.24) is 20.0 Å². The minimum atomic E-state index is -0.681. The zero-order valence-electron chi connectivity index (χ0n) is 21.0. The Morgan fingerprint density at radius 2 is 1.58 bits per heavy atom. The molecular formula is C29H36N4O3. The first kappa shape index (κ1) is 25.7. The van der Waals surface area contributed by atoms with Crippen LogP contribution in [0.2, 0.25) is 0 Å². The highest BCUT2D eigenvalue weighted by atomic mass is 16.3. The summed E-state index contributed by atoms with van der Waals surface area (Å²) in [6, 6.07) is 23.2. The highest BCUT2D eigenvalue weighted by molar-refractivity contribution is 5.88. The molecule has 0 aliphatic carbocycles. The van der Waals surface area contributed by atoms with Gasteiger partial charge in [0.2, 0.25) is 5.91 Å². The molecule has 0 bridgehead atoms. The van der Waals surface area contributed by atoms with Gasteiger partial charge in [0.05, 0.1) is 6.61 Å². The van der Waals surface area contributed by atoms with E-state index in [9.17, 15) is 14.7 Å². The van der Waals surface area contributed by atoms with E-state index in [4.69, 9.17) is 0 Å². The number of carbonyl (C=O) groups is 2. The van der Waals surface area contributed by atoms with E-state index < -0.39 is 6.04 Å². The number of nitrogens with zero attached hydrogens (tertiary/aromatic N) is 3. The summed E-state index contributed by atoms with van der Waals surface area (Å²) in [4.78, 5) is 32.6. The van der Waals surface area contributed by atoms with Gasteiger partial charge in [-0.1, -0.05) is 72.8 Å². The number of nitrogens with one attached hydrogen (secondary N) is 1. The van der Waals surface area contributed by atoms with Gasteiger partial charge in [-0.2, -0.15) is 0 Å². The van der Waals surface area contributed by atoms with Crippen LogP contribution in [-0.4, -0.2) is 90.7 Å². The third kappa shape index (κ3) is 6.83. The fourth-order valence-corrected chi connectivity index (χ4v) is 4.63. The number of fused-ring (bicyclic) bond motifs is 1. The van der Waals surface area contributed by atoms with E-state index in [1.807, 2.05) is 53.4 Å². The fraction of sp³-hybridized carbons (Fsp3) is 0.379. The number of urea groups is 1. The first-order chi connectivity index (χ1) is 17.5. The number of likely N-dealkylation sites (N-methyl/N-ethyl adjacent to an activating group) is 1. The third-order valence-corrected chi connectivity index (χ3v) is 6.83. The lowest BCUT2D eigenvalue weighted by molar-refractivity contribution is -0.134. The number of hydrogen-bond donors (Lipinski definition) is 2. The lowest BCUT2D eigenvalue weighted by Crippen LogP contribution is -2.57. The molecule has 3 aromatic carbocycles. The minimum Gasteiger partial charge on any atom is -0.395 e. The Morgan fingerprint density at radius 3 is 2.31 bits per heavy atom. The van der Waals surface area contributed by atoms with Crippen molar-refractivity contribution in [2.24, 2.45) is 0 Å². The van der Waals surface area contributed by atoms with Crippen molar-refractivity contribution >= 4 is 22.7 Å². The normalized spacial score (nSPS) is 15.0. The molecule has 2 N–H and O–H groups in total. The van der Waals surface area contributed by atoms with Gasteiger partial charge in [0.1, 0.15) is 6.04 Å². The Hall–Kier alpha value is -3.42. The summed E-state index contributed by atoms with van der Waals surface area (Å²) in [5.74, 6) is -0.0587. The van der Waals surface area contributed by atoms with Gasteiger partial charge in [0.25, 0.3) is 0 Å². The van der Waals surface area contributed by atoms with Crippen LogP contribution in [-0.2, 0) is 17.6 Å². The highest BCUT2D eigenvalue weighted by Crippen LogP contribution is 2.18. The van der Waals surface area contributed by atoms with Gasteiger partial charge in [0.15, 0.2) is 0 Å². The van der Waals surface area contributed by atoms with Crippen molar-refractivity contribution in [3.05, 3.63) is 83.9 Å². The largest absolute Gasteiger partial charge is 0.395 e. The van der Waals surface area contributed by atoms with Crippen molar-refractivity contribution in [2.75, 3.05) is 52.9 Å². The topological polar surface area (TPSA) is 76.1 Å². The molecule has 0 saturated carbocycles. The first-order valence-electron chi connectivity index (χ1n) is 12.7. The number of rotatable bonds is 9. The second-order valence-corrected chi connectivity index (χ2v) is 9.46. The van der Waals surface area contributed by atoms with E-state index in [0.29, 0.717) is 32.5 Å². The highest BCUT2D eigenvalue weighted by Gasteiger charge is 2.29. The van der Waals surface area contributed by atoms with Gasteiger partial charge in [-0.25, -0.2) is 4.79 Å². The minimum absolute atomic E-state index is 0.0587. The van der Waals surface area contributed by atoms with Crippen LogP contribution in [0.15, 0.2) is 72.8 Å². The molecule has 1 fully saturated rings. The molecule has 1 aliphatic rings. The van der Waals surface area contributed by atoms with E-state index >= 15 is 0 Å². The molecule has 3 amide bonds. The zero-order valence-corrected chi connectivity index (χ0v) is 21.0. The van der Waals surface area contributed by atoms with Gasteiger partial charge < -0.3 is 25.1 Å². The Kier molecular flexibility index (Phi) is 8.92. The Balaban J connectivity index is 1.50. The zero-order chi connectivity index (χ0) is 25.3. The van der Waals surface area contributed by atoms with Crippen LogP contribution in [0.5, 0.6) is 0 Å².